The van der Waals surface area contributed by atoms with Gasteiger partial charge in [-0.1, -0.05) is 51.3 Å². The van der Waals surface area contributed by atoms with Crippen LogP contribution in [-0.4, -0.2) is 10.2 Å². The highest BCUT2D eigenvalue weighted by atomic mass is 79.9. The summed E-state index contributed by atoms with van der Waals surface area (Å²) in [4.78, 5) is 0. The van der Waals surface area contributed by atoms with Crippen LogP contribution in [0.25, 0.3) is 22.4 Å². The van der Waals surface area contributed by atoms with Crippen molar-refractivity contribution in [3.8, 4) is 22.4 Å². The number of aromatic nitrogens is 2. The van der Waals surface area contributed by atoms with Crippen LogP contribution in [0.15, 0.2) is 46.9 Å². The van der Waals surface area contributed by atoms with E-state index in [0.717, 1.165) is 26.9 Å². The molecule has 2 aromatic carbocycles. The van der Waals surface area contributed by atoms with Gasteiger partial charge in [0.1, 0.15) is 0 Å². The standard InChI is InChI=1S/C17H16BrN3/c1-10-7-11(2)9-12(8-10)16-15(17(19)21-20-16)13-5-3-4-6-14(13)18/h3-9H,1-2H3,(H3,19,20,21). The fraction of sp³-hybridized carbons (Fsp3) is 0.118. The normalized spacial score (nSPS) is 10.8. The quantitative estimate of drug-likeness (QED) is 0.709. The number of aromatic amines is 1. The number of benzene rings is 2. The molecule has 1 heterocycles. The van der Waals surface area contributed by atoms with Gasteiger partial charge in [0, 0.05) is 15.6 Å². The lowest BCUT2D eigenvalue weighted by molar-refractivity contribution is 1.10. The summed E-state index contributed by atoms with van der Waals surface area (Å²) in [6.45, 7) is 4.18. The van der Waals surface area contributed by atoms with Gasteiger partial charge in [-0.3, -0.25) is 5.10 Å². The fourth-order valence-electron chi connectivity index (χ4n) is 2.62. The summed E-state index contributed by atoms with van der Waals surface area (Å²) in [5.41, 5.74) is 12.6. The van der Waals surface area contributed by atoms with Crippen molar-refractivity contribution in [1.29, 1.82) is 0 Å². The first-order valence-electron chi connectivity index (χ1n) is 6.73. The number of nitrogen functional groups attached to an aromatic ring is 1. The van der Waals surface area contributed by atoms with E-state index in [0.29, 0.717) is 5.82 Å². The lowest BCUT2D eigenvalue weighted by Crippen LogP contribution is -1.90. The number of hydrogen-bond acceptors (Lipinski definition) is 2. The van der Waals surface area contributed by atoms with Crippen LogP contribution in [0.1, 0.15) is 11.1 Å². The Hall–Kier alpha value is -2.07. The molecule has 0 aliphatic rings. The van der Waals surface area contributed by atoms with Crippen LogP contribution in [0.3, 0.4) is 0 Å². The molecule has 1 aromatic heterocycles. The molecule has 0 atom stereocenters. The minimum atomic E-state index is 0.510. The molecule has 3 nitrogen and oxygen atoms in total. The van der Waals surface area contributed by atoms with Crippen molar-refractivity contribution in [1.82, 2.24) is 10.2 Å². The van der Waals surface area contributed by atoms with Gasteiger partial charge in [-0.2, -0.15) is 5.10 Å². The summed E-state index contributed by atoms with van der Waals surface area (Å²) in [7, 11) is 0. The highest BCUT2D eigenvalue weighted by molar-refractivity contribution is 9.10. The third-order valence-electron chi connectivity index (χ3n) is 3.45. The molecular formula is C17H16BrN3. The predicted molar refractivity (Wildman–Crippen MR) is 91.0 cm³/mol. The zero-order valence-electron chi connectivity index (χ0n) is 11.9. The maximum Gasteiger partial charge on any atom is 0.153 e. The summed E-state index contributed by atoms with van der Waals surface area (Å²) < 4.78 is 1.00. The molecule has 0 fully saturated rings. The topological polar surface area (TPSA) is 54.7 Å². The van der Waals surface area contributed by atoms with Crippen LogP contribution in [0, 0.1) is 13.8 Å². The van der Waals surface area contributed by atoms with Crippen molar-refractivity contribution < 1.29 is 0 Å². The Balaban J connectivity index is 2.24. The fourth-order valence-corrected chi connectivity index (χ4v) is 3.10. The molecule has 3 rings (SSSR count). The van der Waals surface area contributed by atoms with Gasteiger partial charge in [0.15, 0.2) is 5.82 Å². The van der Waals surface area contributed by atoms with Crippen LogP contribution in [-0.2, 0) is 0 Å². The van der Waals surface area contributed by atoms with Gasteiger partial charge in [-0.25, -0.2) is 0 Å². The zero-order chi connectivity index (χ0) is 15.0. The number of nitrogens with one attached hydrogen (secondary N) is 1. The van der Waals surface area contributed by atoms with Gasteiger partial charge < -0.3 is 5.73 Å². The van der Waals surface area contributed by atoms with E-state index < -0.39 is 0 Å². The number of rotatable bonds is 2. The Morgan fingerprint density at radius 1 is 1.05 bits per heavy atom. The first-order valence-corrected chi connectivity index (χ1v) is 7.53. The minimum Gasteiger partial charge on any atom is -0.382 e. The molecule has 0 unspecified atom stereocenters. The van der Waals surface area contributed by atoms with Crippen molar-refractivity contribution in [2.75, 3.05) is 5.73 Å². The summed E-state index contributed by atoms with van der Waals surface area (Å²) >= 11 is 3.59. The second kappa shape index (κ2) is 5.37. The monoisotopic (exact) mass is 341 g/mol. The van der Waals surface area contributed by atoms with Gasteiger partial charge in [-0.05, 0) is 32.0 Å². The Kier molecular flexibility index (Phi) is 3.55. The molecule has 0 spiro atoms. The van der Waals surface area contributed by atoms with Crippen molar-refractivity contribution in [2.45, 2.75) is 13.8 Å². The van der Waals surface area contributed by atoms with Gasteiger partial charge in [0.2, 0.25) is 0 Å². The molecule has 0 amide bonds. The molecule has 0 aliphatic heterocycles. The molecule has 3 aromatic rings. The molecule has 0 aliphatic carbocycles. The Labute approximate surface area is 132 Å². The smallest absolute Gasteiger partial charge is 0.153 e. The van der Waals surface area contributed by atoms with E-state index in [-0.39, 0.29) is 0 Å². The molecule has 0 saturated carbocycles. The van der Waals surface area contributed by atoms with E-state index in [2.05, 4.69) is 58.2 Å². The minimum absolute atomic E-state index is 0.510. The molecule has 106 valence electrons. The summed E-state index contributed by atoms with van der Waals surface area (Å²) in [6, 6.07) is 14.5. The average molecular weight is 342 g/mol. The Bertz CT molecular complexity index is 785. The Morgan fingerprint density at radius 2 is 1.71 bits per heavy atom. The first kappa shape index (κ1) is 13.9. The molecule has 4 heteroatoms. The number of nitrogens with zero attached hydrogens (tertiary/aromatic N) is 1. The molecule has 21 heavy (non-hydrogen) atoms. The molecule has 0 saturated heterocycles. The average Bonchev–Trinajstić information content (AvgIpc) is 2.80. The van der Waals surface area contributed by atoms with E-state index in [9.17, 15) is 0 Å². The van der Waals surface area contributed by atoms with Crippen LogP contribution in [0.5, 0.6) is 0 Å². The van der Waals surface area contributed by atoms with Crippen molar-refractivity contribution in [3.63, 3.8) is 0 Å². The number of H-pyrrole nitrogens is 1. The Morgan fingerprint density at radius 3 is 2.38 bits per heavy atom. The highest BCUT2D eigenvalue weighted by Gasteiger charge is 2.17. The van der Waals surface area contributed by atoms with Crippen molar-refractivity contribution >= 4 is 21.7 Å². The van der Waals surface area contributed by atoms with Gasteiger partial charge >= 0.3 is 0 Å². The largest absolute Gasteiger partial charge is 0.382 e. The maximum atomic E-state index is 6.09. The van der Waals surface area contributed by atoms with Crippen LogP contribution >= 0.6 is 15.9 Å². The first-order chi connectivity index (χ1) is 10.1. The molecule has 0 bridgehead atoms. The second-order valence-corrected chi connectivity index (χ2v) is 6.07. The predicted octanol–water partition coefficient (Wildman–Crippen LogP) is 4.71. The van der Waals surface area contributed by atoms with E-state index in [1.165, 1.54) is 11.1 Å². The summed E-state index contributed by atoms with van der Waals surface area (Å²) in [5, 5.41) is 7.28. The number of nitrogens with two attached hydrogens (primary N) is 1. The van der Waals surface area contributed by atoms with E-state index in [1.807, 2.05) is 24.3 Å². The number of anilines is 1. The highest BCUT2D eigenvalue weighted by Crippen LogP contribution is 2.38. The molecule has 0 radical (unpaired) electrons. The summed E-state index contributed by atoms with van der Waals surface area (Å²) in [5.74, 6) is 0.510. The van der Waals surface area contributed by atoms with Gasteiger partial charge in [0.25, 0.3) is 0 Å². The SMILES string of the molecule is Cc1cc(C)cc(-c2[nH]nc(N)c2-c2ccccc2Br)c1. The van der Waals surface area contributed by atoms with Crippen LogP contribution in [0.2, 0.25) is 0 Å². The third-order valence-corrected chi connectivity index (χ3v) is 4.14. The third kappa shape index (κ3) is 2.59. The van der Waals surface area contributed by atoms with Gasteiger partial charge in [-0.15, -0.1) is 0 Å². The van der Waals surface area contributed by atoms with E-state index in [4.69, 9.17) is 5.73 Å². The second-order valence-electron chi connectivity index (χ2n) is 5.22. The lowest BCUT2D eigenvalue weighted by atomic mass is 9.98. The van der Waals surface area contributed by atoms with E-state index >= 15 is 0 Å². The number of aryl methyl sites for hydroxylation is 2. The van der Waals surface area contributed by atoms with Crippen LogP contribution in [0.4, 0.5) is 5.82 Å². The lowest BCUT2D eigenvalue weighted by Gasteiger charge is -2.08. The van der Waals surface area contributed by atoms with Crippen LogP contribution < -0.4 is 5.73 Å². The van der Waals surface area contributed by atoms with Crippen molar-refractivity contribution in [3.05, 3.63) is 58.1 Å². The molecular weight excluding hydrogens is 326 g/mol. The zero-order valence-corrected chi connectivity index (χ0v) is 13.5. The van der Waals surface area contributed by atoms with Gasteiger partial charge in [0.05, 0.1) is 11.3 Å². The van der Waals surface area contributed by atoms with Crippen molar-refractivity contribution in [2.24, 2.45) is 0 Å². The maximum absolute atomic E-state index is 6.09. The number of halogens is 1. The number of hydrogen-bond donors (Lipinski definition) is 2. The summed E-state index contributed by atoms with van der Waals surface area (Å²) in [6.07, 6.45) is 0. The van der Waals surface area contributed by atoms with E-state index in [1.54, 1.807) is 0 Å². The molecule has 3 N–H and O–H groups in total.